The number of amides is 4. The van der Waals surface area contributed by atoms with Gasteiger partial charge in [0.2, 0.25) is 11.8 Å². The molecule has 11 heteroatoms. The van der Waals surface area contributed by atoms with E-state index >= 15 is 0 Å². The van der Waals surface area contributed by atoms with Crippen LogP contribution in [0.3, 0.4) is 0 Å². The van der Waals surface area contributed by atoms with E-state index in [0.29, 0.717) is 5.69 Å². The first-order valence-electron chi connectivity index (χ1n) is 9.01. The average molecular weight is 410 g/mol. The third-order valence-corrected chi connectivity index (χ3v) is 5.57. The number of imide groups is 2. The number of halogens is 3. The third-order valence-electron chi connectivity index (χ3n) is 5.57. The minimum absolute atomic E-state index is 0.000438. The zero-order valence-electron chi connectivity index (χ0n) is 15.0. The molecule has 1 unspecified atom stereocenters. The molecule has 29 heavy (non-hydrogen) atoms. The van der Waals surface area contributed by atoms with Crippen LogP contribution in [-0.2, 0) is 9.59 Å². The van der Waals surface area contributed by atoms with Crippen LogP contribution in [0.1, 0.15) is 33.6 Å². The van der Waals surface area contributed by atoms with Gasteiger partial charge in [0.25, 0.3) is 11.8 Å². The number of benzene rings is 1. The van der Waals surface area contributed by atoms with Gasteiger partial charge in [-0.05, 0) is 24.6 Å². The lowest BCUT2D eigenvalue weighted by molar-refractivity contribution is -0.171. The number of hydrogen-bond donors (Lipinski definition) is 2. The summed E-state index contributed by atoms with van der Waals surface area (Å²) in [5.74, 6) is -4.27. The van der Waals surface area contributed by atoms with Crippen LogP contribution in [0.4, 0.5) is 18.9 Å². The number of hydrogen-bond acceptors (Lipinski definition) is 6. The maximum Gasteiger partial charge on any atom is 0.395 e. The van der Waals surface area contributed by atoms with Gasteiger partial charge in [0.15, 0.2) is 0 Å². The van der Waals surface area contributed by atoms with Crippen molar-refractivity contribution in [3.63, 3.8) is 0 Å². The molecule has 3 aliphatic heterocycles. The molecule has 8 nitrogen and oxygen atoms in total. The van der Waals surface area contributed by atoms with Crippen LogP contribution in [0.15, 0.2) is 18.2 Å². The number of anilines is 1. The molecular formula is C18H17F3N4O4. The monoisotopic (exact) mass is 410 g/mol. The maximum atomic E-state index is 13.1. The summed E-state index contributed by atoms with van der Waals surface area (Å²) >= 11 is 0. The Hall–Kier alpha value is -2.95. The second-order valence-corrected chi connectivity index (χ2v) is 7.39. The quantitative estimate of drug-likeness (QED) is 0.683. The molecular weight excluding hydrogens is 393 g/mol. The molecule has 0 radical (unpaired) electrons. The fourth-order valence-corrected chi connectivity index (χ4v) is 4.04. The summed E-state index contributed by atoms with van der Waals surface area (Å²) in [6, 6.07) is 1.98. The highest BCUT2D eigenvalue weighted by molar-refractivity contribution is 6.23. The number of fused-ring (bicyclic) bond motifs is 1. The molecule has 1 aromatic rings. The lowest BCUT2D eigenvalue weighted by Crippen LogP contribution is -2.54. The van der Waals surface area contributed by atoms with E-state index in [1.165, 1.54) is 23.1 Å². The van der Waals surface area contributed by atoms with E-state index < -0.39 is 47.8 Å². The van der Waals surface area contributed by atoms with Gasteiger partial charge in [-0.3, -0.25) is 29.4 Å². The number of nitrogens with zero attached hydrogens (tertiary/aromatic N) is 2. The van der Waals surface area contributed by atoms with E-state index in [2.05, 4.69) is 5.32 Å². The molecule has 3 N–H and O–H groups in total. The maximum absolute atomic E-state index is 13.1. The van der Waals surface area contributed by atoms with E-state index in [-0.39, 0.29) is 37.1 Å². The molecule has 2 fully saturated rings. The van der Waals surface area contributed by atoms with Gasteiger partial charge >= 0.3 is 6.18 Å². The Morgan fingerprint density at radius 2 is 1.72 bits per heavy atom. The van der Waals surface area contributed by atoms with Crippen molar-refractivity contribution in [1.29, 1.82) is 0 Å². The fraction of sp³-hybridized carbons (Fsp3) is 0.444. The number of rotatable bonds is 2. The number of carbonyl (C=O) groups is 4. The smallest absolute Gasteiger partial charge is 0.369 e. The van der Waals surface area contributed by atoms with E-state index in [4.69, 9.17) is 5.73 Å². The molecule has 0 aromatic heterocycles. The average Bonchev–Trinajstić information content (AvgIpc) is 3.14. The van der Waals surface area contributed by atoms with Crippen LogP contribution in [0.25, 0.3) is 0 Å². The molecule has 3 atom stereocenters. The van der Waals surface area contributed by atoms with Crippen LogP contribution < -0.4 is 16.0 Å². The highest BCUT2D eigenvalue weighted by atomic mass is 19.4. The van der Waals surface area contributed by atoms with Gasteiger partial charge in [0.1, 0.15) is 6.04 Å². The van der Waals surface area contributed by atoms with Crippen molar-refractivity contribution in [2.45, 2.75) is 31.1 Å². The Morgan fingerprint density at radius 3 is 2.34 bits per heavy atom. The first kappa shape index (κ1) is 19.4. The normalized spacial score (nSPS) is 27.5. The first-order chi connectivity index (χ1) is 13.6. The van der Waals surface area contributed by atoms with Gasteiger partial charge in [0.05, 0.1) is 17.0 Å². The zero-order chi connectivity index (χ0) is 21.1. The Labute approximate surface area is 162 Å². The van der Waals surface area contributed by atoms with E-state index in [9.17, 15) is 32.3 Å². The summed E-state index contributed by atoms with van der Waals surface area (Å²) in [6.07, 6.45) is -4.41. The third kappa shape index (κ3) is 3.15. The predicted molar refractivity (Wildman–Crippen MR) is 92.8 cm³/mol. The van der Waals surface area contributed by atoms with Gasteiger partial charge in [0, 0.05) is 31.2 Å². The van der Waals surface area contributed by atoms with E-state index in [1.807, 2.05) is 0 Å². The first-order valence-corrected chi connectivity index (χ1v) is 9.01. The topological polar surface area (TPSA) is 113 Å². The Kier molecular flexibility index (Phi) is 4.37. The molecule has 3 heterocycles. The van der Waals surface area contributed by atoms with E-state index in [1.54, 1.807) is 0 Å². The largest absolute Gasteiger partial charge is 0.395 e. The van der Waals surface area contributed by atoms with Crippen molar-refractivity contribution in [2.24, 2.45) is 11.7 Å². The summed E-state index contributed by atoms with van der Waals surface area (Å²) in [7, 11) is 0. The Bertz CT molecular complexity index is 932. The number of nitrogens with one attached hydrogen (secondary N) is 1. The molecule has 0 aliphatic carbocycles. The van der Waals surface area contributed by atoms with Crippen LogP contribution in [0, 0.1) is 5.92 Å². The van der Waals surface area contributed by atoms with Gasteiger partial charge in [-0.25, -0.2) is 0 Å². The van der Waals surface area contributed by atoms with Crippen LogP contribution in [0.2, 0.25) is 0 Å². The highest BCUT2D eigenvalue weighted by Gasteiger charge is 2.49. The molecule has 3 aliphatic rings. The molecule has 0 bridgehead atoms. The summed E-state index contributed by atoms with van der Waals surface area (Å²) in [6.45, 7) is -0.385. The summed E-state index contributed by atoms with van der Waals surface area (Å²) < 4.78 is 39.2. The van der Waals surface area contributed by atoms with Crippen molar-refractivity contribution < 1.29 is 32.3 Å². The Balaban J connectivity index is 1.60. The van der Waals surface area contributed by atoms with Gasteiger partial charge in [-0.2, -0.15) is 13.2 Å². The molecule has 4 rings (SSSR count). The van der Waals surface area contributed by atoms with Crippen molar-refractivity contribution in [3.05, 3.63) is 29.3 Å². The number of nitrogens with two attached hydrogens (primary N) is 1. The second kappa shape index (κ2) is 6.55. The van der Waals surface area contributed by atoms with Crippen LogP contribution in [0.5, 0.6) is 0 Å². The SMILES string of the molecule is N[C@@H]1CN(c2ccc3c(c2)C(=O)N(C2CCC(=O)NC2=O)C3=O)C[C@H]1C(F)(F)F. The van der Waals surface area contributed by atoms with Crippen molar-refractivity contribution >= 4 is 29.3 Å². The summed E-state index contributed by atoms with van der Waals surface area (Å²) in [5.41, 5.74) is 6.07. The van der Waals surface area contributed by atoms with Gasteiger partial charge in [-0.15, -0.1) is 0 Å². The molecule has 0 spiro atoms. The minimum Gasteiger partial charge on any atom is -0.369 e. The second-order valence-electron chi connectivity index (χ2n) is 7.39. The molecule has 154 valence electrons. The number of alkyl halides is 3. The van der Waals surface area contributed by atoms with Crippen LogP contribution >= 0.6 is 0 Å². The number of piperidine rings is 1. The van der Waals surface area contributed by atoms with Crippen molar-refractivity contribution in [3.8, 4) is 0 Å². The van der Waals surface area contributed by atoms with Gasteiger partial charge < -0.3 is 10.6 Å². The standard InChI is InChI=1S/C18H17F3N4O4/c19-18(20,21)11-6-24(7-12(11)22)8-1-2-9-10(5-8)17(29)25(16(9)28)13-3-4-14(26)23-15(13)27/h1-2,5,11-13H,3-4,6-7,22H2,(H,23,26,27)/t11-,12-,13?/m1/s1. The summed E-state index contributed by atoms with van der Waals surface area (Å²) in [4.78, 5) is 51.1. The molecule has 4 amide bonds. The Morgan fingerprint density at radius 1 is 1.03 bits per heavy atom. The molecule has 1 aromatic carbocycles. The van der Waals surface area contributed by atoms with Crippen molar-refractivity contribution in [1.82, 2.24) is 10.2 Å². The van der Waals surface area contributed by atoms with Crippen LogP contribution in [-0.4, -0.2) is 59.9 Å². The molecule has 2 saturated heterocycles. The minimum atomic E-state index is -4.43. The highest BCUT2D eigenvalue weighted by Crippen LogP contribution is 2.37. The lowest BCUT2D eigenvalue weighted by atomic mass is 10.0. The zero-order valence-corrected chi connectivity index (χ0v) is 15.0. The fourth-order valence-electron chi connectivity index (χ4n) is 4.04. The molecule has 0 saturated carbocycles. The lowest BCUT2D eigenvalue weighted by Gasteiger charge is -2.27. The summed E-state index contributed by atoms with van der Waals surface area (Å²) in [5, 5.41) is 2.10. The number of carbonyl (C=O) groups excluding carboxylic acids is 4. The van der Waals surface area contributed by atoms with E-state index in [0.717, 1.165) is 4.90 Å². The predicted octanol–water partition coefficient (Wildman–Crippen LogP) is 0.414. The van der Waals surface area contributed by atoms with Gasteiger partial charge in [-0.1, -0.05) is 0 Å². The van der Waals surface area contributed by atoms with Crippen molar-refractivity contribution in [2.75, 3.05) is 18.0 Å².